The molecule has 0 fully saturated rings. The zero-order valence-electron chi connectivity index (χ0n) is 7.76. The highest BCUT2D eigenvalue weighted by molar-refractivity contribution is 5.77. The first-order valence-electron chi connectivity index (χ1n) is 4.26. The maximum atomic E-state index is 10.7. The number of hydrogen-bond acceptors (Lipinski definition) is 3. The van der Waals surface area contributed by atoms with Crippen molar-refractivity contribution in [3.8, 4) is 0 Å². The lowest BCUT2D eigenvalue weighted by atomic mass is 10.2. The molecule has 0 saturated heterocycles. The smallest absolute Gasteiger partial charge is 0.233 e. The maximum absolute atomic E-state index is 10.7. The Morgan fingerprint density at radius 2 is 2.25 bits per heavy atom. The molecule has 0 aromatic rings. The fourth-order valence-corrected chi connectivity index (χ4v) is 0.813. The van der Waals surface area contributed by atoms with E-state index in [2.05, 4.69) is 10.6 Å². The van der Waals surface area contributed by atoms with Gasteiger partial charge in [0.2, 0.25) is 5.91 Å². The van der Waals surface area contributed by atoms with Crippen LogP contribution in [0.25, 0.3) is 0 Å². The summed E-state index contributed by atoms with van der Waals surface area (Å²) >= 11 is 0. The predicted octanol–water partition coefficient (Wildman–Crippen LogP) is -0.517. The topological polar surface area (TPSA) is 61.4 Å². The summed E-state index contributed by atoms with van der Waals surface area (Å²) in [5, 5.41) is 14.4. The molecule has 0 spiro atoms. The second kappa shape index (κ2) is 7.06. The van der Waals surface area contributed by atoms with Crippen LogP contribution in [0.5, 0.6) is 0 Å². The molecule has 0 radical (unpaired) electrons. The zero-order chi connectivity index (χ0) is 9.40. The lowest BCUT2D eigenvalue weighted by Gasteiger charge is -2.04. The van der Waals surface area contributed by atoms with Crippen molar-refractivity contribution >= 4 is 5.91 Å². The quantitative estimate of drug-likeness (QED) is 0.475. The number of carbonyl (C=O) groups excluding carboxylic acids is 1. The molecule has 0 aliphatic carbocycles. The van der Waals surface area contributed by atoms with E-state index < -0.39 is 0 Å². The SMILES string of the molecule is CNC(=O)CNCCCC(C)O. The van der Waals surface area contributed by atoms with Crippen molar-refractivity contribution in [2.75, 3.05) is 20.1 Å². The third kappa shape index (κ3) is 7.50. The van der Waals surface area contributed by atoms with Gasteiger partial charge >= 0.3 is 0 Å². The van der Waals surface area contributed by atoms with Crippen LogP contribution in [0.3, 0.4) is 0 Å². The van der Waals surface area contributed by atoms with Gasteiger partial charge in [0.15, 0.2) is 0 Å². The number of hydrogen-bond donors (Lipinski definition) is 3. The molecule has 12 heavy (non-hydrogen) atoms. The Kier molecular flexibility index (Phi) is 6.70. The van der Waals surface area contributed by atoms with E-state index >= 15 is 0 Å². The van der Waals surface area contributed by atoms with Gasteiger partial charge in [-0.3, -0.25) is 4.79 Å². The molecule has 1 atom stereocenters. The van der Waals surface area contributed by atoms with Gasteiger partial charge in [-0.1, -0.05) is 0 Å². The molecule has 72 valence electrons. The van der Waals surface area contributed by atoms with E-state index in [0.29, 0.717) is 6.54 Å². The minimum absolute atomic E-state index is 0.00736. The molecule has 0 heterocycles. The van der Waals surface area contributed by atoms with Gasteiger partial charge in [-0.05, 0) is 26.3 Å². The molecule has 0 rings (SSSR count). The van der Waals surface area contributed by atoms with Gasteiger partial charge < -0.3 is 15.7 Å². The van der Waals surface area contributed by atoms with E-state index in [0.717, 1.165) is 19.4 Å². The number of rotatable bonds is 6. The largest absolute Gasteiger partial charge is 0.393 e. The summed E-state index contributed by atoms with van der Waals surface area (Å²) < 4.78 is 0. The Morgan fingerprint density at radius 1 is 1.58 bits per heavy atom. The van der Waals surface area contributed by atoms with Crippen molar-refractivity contribution in [2.24, 2.45) is 0 Å². The Hall–Kier alpha value is -0.610. The Bertz CT molecular complexity index is 126. The molecule has 0 aromatic carbocycles. The Morgan fingerprint density at radius 3 is 2.75 bits per heavy atom. The minimum atomic E-state index is -0.244. The second-order valence-electron chi connectivity index (χ2n) is 2.84. The second-order valence-corrected chi connectivity index (χ2v) is 2.84. The van der Waals surface area contributed by atoms with Gasteiger partial charge in [-0.2, -0.15) is 0 Å². The van der Waals surface area contributed by atoms with Crippen molar-refractivity contribution in [3.63, 3.8) is 0 Å². The van der Waals surface area contributed by atoms with E-state index in [4.69, 9.17) is 5.11 Å². The average Bonchev–Trinajstić information content (AvgIpc) is 2.03. The lowest BCUT2D eigenvalue weighted by Crippen LogP contribution is -2.32. The third-order valence-corrected chi connectivity index (χ3v) is 1.54. The summed E-state index contributed by atoms with van der Waals surface area (Å²) in [5.41, 5.74) is 0. The van der Waals surface area contributed by atoms with Crippen LogP contribution in [0, 0.1) is 0 Å². The fraction of sp³-hybridized carbons (Fsp3) is 0.875. The molecule has 0 aromatic heterocycles. The van der Waals surface area contributed by atoms with E-state index in [1.807, 2.05) is 0 Å². The van der Waals surface area contributed by atoms with Crippen LogP contribution in [0.2, 0.25) is 0 Å². The van der Waals surface area contributed by atoms with Crippen LogP contribution in [0.15, 0.2) is 0 Å². The first-order valence-corrected chi connectivity index (χ1v) is 4.26. The van der Waals surface area contributed by atoms with Gasteiger partial charge in [-0.25, -0.2) is 0 Å². The van der Waals surface area contributed by atoms with Crippen LogP contribution >= 0.6 is 0 Å². The molecule has 0 saturated carbocycles. The number of likely N-dealkylation sites (N-methyl/N-ethyl adjacent to an activating group) is 1. The summed E-state index contributed by atoms with van der Waals surface area (Å²) in [5.74, 6) is -0.00736. The fourth-order valence-electron chi connectivity index (χ4n) is 0.813. The van der Waals surface area contributed by atoms with Crippen LogP contribution in [-0.2, 0) is 4.79 Å². The molecule has 0 aliphatic heterocycles. The Balaban J connectivity index is 3.05. The van der Waals surface area contributed by atoms with Crippen molar-refractivity contribution in [3.05, 3.63) is 0 Å². The molecule has 0 bridgehead atoms. The molecule has 3 N–H and O–H groups in total. The molecule has 4 heteroatoms. The van der Waals surface area contributed by atoms with Crippen LogP contribution < -0.4 is 10.6 Å². The van der Waals surface area contributed by atoms with Gasteiger partial charge in [0.05, 0.1) is 12.6 Å². The molecule has 1 amide bonds. The third-order valence-electron chi connectivity index (χ3n) is 1.54. The summed E-state index contributed by atoms with van der Waals surface area (Å²) in [7, 11) is 1.61. The number of aliphatic hydroxyl groups excluding tert-OH is 1. The van der Waals surface area contributed by atoms with Gasteiger partial charge in [0, 0.05) is 7.05 Å². The van der Waals surface area contributed by atoms with Crippen LogP contribution in [0.4, 0.5) is 0 Å². The highest BCUT2D eigenvalue weighted by Crippen LogP contribution is 1.92. The number of carbonyl (C=O) groups is 1. The monoisotopic (exact) mass is 174 g/mol. The first-order chi connectivity index (χ1) is 5.66. The van der Waals surface area contributed by atoms with E-state index in [1.54, 1.807) is 14.0 Å². The highest BCUT2D eigenvalue weighted by atomic mass is 16.3. The highest BCUT2D eigenvalue weighted by Gasteiger charge is 1.97. The van der Waals surface area contributed by atoms with Crippen LogP contribution in [0.1, 0.15) is 19.8 Å². The first kappa shape index (κ1) is 11.4. The minimum Gasteiger partial charge on any atom is -0.393 e. The average molecular weight is 174 g/mol. The molecule has 0 aliphatic rings. The number of nitrogens with one attached hydrogen (secondary N) is 2. The van der Waals surface area contributed by atoms with Crippen LogP contribution in [-0.4, -0.2) is 37.3 Å². The molecule has 1 unspecified atom stereocenters. The number of aliphatic hydroxyl groups is 1. The molecule has 4 nitrogen and oxygen atoms in total. The van der Waals surface area contributed by atoms with E-state index in [9.17, 15) is 4.79 Å². The Labute approximate surface area is 73.3 Å². The van der Waals surface area contributed by atoms with Gasteiger partial charge in [0.25, 0.3) is 0 Å². The lowest BCUT2D eigenvalue weighted by molar-refractivity contribution is -0.119. The molecular weight excluding hydrogens is 156 g/mol. The van der Waals surface area contributed by atoms with Crippen molar-refractivity contribution in [2.45, 2.75) is 25.9 Å². The summed E-state index contributed by atoms with van der Waals surface area (Å²) in [4.78, 5) is 10.7. The van der Waals surface area contributed by atoms with Crippen molar-refractivity contribution in [1.82, 2.24) is 10.6 Å². The van der Waals surface area contributed by atoms with E-state index in [-0.39, 0.29) is 12.0 Å². The summed E-state index contributed by atoms with van der Waals surface area (Å²) in [6.45, 7) is 2.90. The van der Waals surface area contributed by atoms with E-state index in [1.165, 1.54) is 0 Å². The standard InChI is InChI=1S/C8H18N2O2/c1-7(11)4-3-5-10-6-8(12)9-2/h7,10-11H,3-6H2,1-2H3,(H,9,12). The van der Waals surface area contributed by atoms with Gasteiger partial charge in [-0.15, -0.1) is 0 Å². The molecular formula is C8H18N2O2. The van der Waals surface area contributed by atoms with Crippen molar-refractivity contribution in [1.29, 1.82) is 0 Å². The number of amides is 1. The maximum Gasteiger partial charge on any atom is 0.233 e. The summed E-state index contributed by atoms with van der Waals surface area (Å²) in [6, 6.07) is 0. The predicted molar refractivity (Wildman–Crippen MR) is 47.9 cm³/mol. The normalized spacial score (nSPS) is 12.6. The zero-order valence-corrected chi connectivity index (χ0v) is 7.76. The summed E-state index contributed by atoms with van der Waals surface area (Å²) in [6.07, 6.45) is 1.43. The van der Waals surface area contributed by atoms with Crippen molar-refractivity contribution < 1.29 is 9.90 Å². The van der Waals surface area contributed by atoms with Gasteiger partial charge in [0.1, 0.15) is 0 Å².